The number of aromatic nitrogens is 2. The maximum atomic E-state index is 12.3. The van der Waals surface area contributed by atoms with E-state index in [1.54, 1.807) is 37.4 Å². The van der Waals surface area contributed by atoms with E-state index in [1.807, 2.05) is 38.1 Å². The predicted octanol–water partition coefficient (Wildman–Crippen LogP) is 4.97. The summed E-state index contributed by atoms with van der Waals surface area (Å²) in [6.07, 6.45) is 0.908. The van der Waals surface area contributed by atoms with Crippen molar-refractivity contribution in [1.82, 2.24) is 9.97 Å². The van der Waals surface area contributed by atoms with E-state index in [-0.39, 0.29) is 6.03 Å². The molecule has 30 heavy (non-hydrogen) atoms. The number of nitrogens with one attached hydrogen (secondary N) is 3. The summed E-state index contributed by atoms with van der Waals surface area (Å²) in [5.41, 5.74) is 2.07. The van der Waals surface area contributed by atoms with Gasteiger partial charge in [0.05, 0.1) is 19.4 Å². The molecule has 0 fully saturated rings. The smallest absolute Gasteiger partial charge is 0.323 e. The molecule has 0 bridgehead atoms. The Morgan fingerprint density at radius 2 is 1.73 bits per heavy atom. The van der Waals surface area contributed by atoms with Crippen LogP contribution in [0, 0.1) is 6.92 Å². The second kappa shape index (κ2) is 10.1. The van der Waals surface area contributed by atoms with Crippen molar-refractivity contribution in [2.45, 2.75) is 20.3 Å². The van der Waals surface area contributed by atoms with Crippen molar-refractivity contribution >= 4 is 28.9 Å². The van der Waals surface area contributed by atoms with Gasteiger partial charge >= 0.3 is 6.03 Å². The fraction of sp³-hybridized carbons (Fsp3) is 0.227. The van der Waals surface area contributed by atoms with Crippen LogP contribution in [0.1, 0.15) is 19.2 Å². The summed E-state index contributed by atoms with van der Waals surface area (Å²) in [6, 6.07) is 15.9. The van der Waals surface area contributed by atoms with Crippen LogP contribution in [0.5, 0.6) is 11.6 Å². The molecule has 0 saturated carbocycles. The Bertz CT molecular complexity index is 992. The van der Waals surface area contributed by atoms with Gasteiger partial charge < -0.3 is 25.4 Å². The second-order valence-corrected chi connectivity index (χ2v) is 6.47. The van der Waals surface area contributed by atoms with Gasteiger partial charge in [-0.2, -0.15) is 4.98 Å². The first-order chi connectivity index (χ1) is 14.6. The molecule has 0 saturated heterocycles. The van der Waals surface area contributed by atoms with Crippen molar-refractivity contribution < 1.29 is 14.3 Å². The normalized spacial score (nSPS) is 10.2. The van der Waals surface area contributed by atoms with E-state index in [4.69, 9.17) is 9.47 Å². The van der Waals surface area contributed by atoms with Gasteiger partial charge in [-0.05, 0) is 49.7 Å². The molecule has 1 heterocycles. The molecule has 2 aromatic carbocycles. The van der Waals surface area contributed by atoms with Crippen LogP contribution >= 0.6 is 0 Å². The number of para-hydroxylation sites is 2. The molecule has 8 nitrogen and oxygen atoms in total. The van der Waals surface area contributed by atoms with Crippen molar-refractivity contribution in [3.63, 3.8) is 0 Å². The molecule has 2 amide bonds. The highest BCUT2D eigenvalue weighted by atomic mass is 16.5. The van der Waals surface area contributed by atoms with Crippen LogP contribution < -0.4 is 25.4 Å². The number of ether oxygens (including phenoxy) is 2. The largest absolute Gasteiger partial charge is 0.495 e. The monoisotopic (exact) mass is 407 g/mol. The summed E-state index contributed by atoms with van der Waals surface area (Å²) >= 11 is 0. The van der Waals surface area contributed by atoms with Crippen molar-refractivity contribution in [1.29, 1.82) is 0 Å². The van der Waals surface area contributed by atoms with Crippen LogP contribution in [0.4, 0.5) is 27.7 Å². The average molecular weight is 407 g/mol. The second-order valence-electron chi connectivity index (χ2n) is 6.47. The highest BCUT2D eigenvalue weighted by Crippen LogP contribution is 2.24. The number of aryl methyl sites for hydroxylation is 1. The fourth-order valence-corrected chi connectivity index (χ4v) is 2.70. The maximum Gasteiger partial charge on any atom is 0.323 e. The third-order valence-electron chi connectivity index (χ3n) is 4.04. The molecule has 0 spiro atoms. The summed E-state index contributed by atoms with van der Waals surface area (Å²) < 4.78 is 10.8. The van der Waals surface area contributed by atoms with Gasteiger partial charge in [-0.25, -0.2) is 9.78 Å². The minimum Gasteiger partial charge on any atom is -0.495 e. The van der Waals surface area contributed by atoms with Gasteiger partial charge in [-0.1, -0.05) is 19.1 Å². The standard InChI is InChI=1S/C22H25N5O3/c1-4-13-30-21-14-20(23-15(2)24-21)25-16-9-11-17(12-10-16)26-22(28)27-18-7-5-6-8-19(18)29-3/h5-12,14H,4,13H2,1-3H3,(H,23,24,25)(H2,26,27,28). The Labute approximate surface area is 175 Å². The van der Waals surface area contributed by atoms with E-state index in [9.17, 15) is 4.79 Å². The zero-order valence-corrected chi connectivity index (χ0v) is 17.2. The lowest BCUT2D eigenvalue weighted by Crippen LogP contribution is -2.19. The minimum absolute atomic E-state index is 0.357. The van der Waals surface area contributed by atoms with Crippen LogP contribution in [-0.4, -0.2) is 29.7 Å². The summed E-state index contributed by atoms with van der Waals surface area (Å²) in [4.78, 5) is 20.9. The van der Waals surface area contributed by atoms with E-state index >= 15 is 0 Å². The molecule has 3 aromatic rings. The zero-order chi connectivity index (χ0) is 21.3. The third-order valence-corrected chi connectivity index (χ3v) is 4.04. The van der Waals surface area contributed by atoms with Crippen LogP contribution in [-0.2, 0) is 0 Å². The number of carbonyl (C=O) groups is 1. The first-order valence-corrected chi connectivity index (χ1v) is 9.64. The number of amides is 2. The molecule has 0 atom stereocenters. The van der Waals surface area contributed by atoms with Crippen molar-refractivity contribution in [3.8, 4) is 11.6 Å². The predicted molar refractivity (Wildman–Crippen MR) is 118 cm³/mol. The Balaban J connectivity index is 1.61. The molecule has 0 aliphatic rings. The van der Waals surface area contributed by atoms with E-state index in [2.05, 4.69) is 25.9 Å². The molecule has 0 aliphatic heterocycles. The van der Waals surface area contributed by atoms with Gasteiger partial charge in [-0.15, -0.1) is 0 Å². The third kappa shape index (κ3) is 5.84. The molecule has 0 unspecified atom stereocenters. The first kappa shape index (κ1) is 20.9. The Morgan fingerprint density at radius 3 is 2.47 bits per heavy atom. The van der Waals surface area contributed by atoms with Crippen molar-refractivity contribution in [2.24, 2.45) is 0 Å². The highest BCUT2D eigenvalue weighted by Gasteiger charge is 2.08. The number of carbonyl (C=O) groups excluding carboxylic acids is 1. The minimum atomic E-state index is -0.357. The van der Waals surface area contributed by atoms with Gasteiger partial charge in [0.15, 0.2) is 0 Å². The lowest BCUT2D eigenvalue weighted by Gasteiger charge is -2.12. The molecule has 0 aliphatic carbocycles. The molecule has 0 radical (unpaired) electrons. The number of nitrogens with zero attached hydrogens (tertiary/aromatic N) is 2. The first-order valence-electron chi connectivity index (χ1n) is 9.64. The fourth-order valence-electron chi connectivity index (χ4n) is 2.70. The SMILES string of the molecule is CCCOc1cc(Nc2ccc(NC(=O)Nc3ccccc3OC)cc2)nc(C)n1. The number of benzene rings is 2. The number of methoxy groups -OCH3 is 1. The topological polar surface area (TPSA) is 97.4 Å². The van der Waals surface area contributed by atoms with E-state index in [0.29, 0.717) is 41.3 Å². The van der Waals surface area contributed by atoms with Gasteiger partial charge in [0.25, 0.3) is 0 Å². The van der Waals surface area contributed by atoms with E-state index < -0.39 is 0 Å². The Morgan fingerprint density at radius 1 is 1.00 bits per heavy atom. The molecular weight excluding hydrogens is 382 g/mol. The van der Waals surface area contributed by atoms with Crippen LogP contribution in [0.25, 0.3) is 0 Å². The van der Waals surface area contributed by atoms with Crippen molar-refractivity contribution in [2.75, 3.05) is 29.7 Å². The molecule has 3 rings (SSSR count). The zero-order valence-electron chi connectivity index (χ0n) is 17.2. The molecule has 156 valence electrons. The van der Waals surface area contributed by atoms with Gasteiger partial charge in [-0.3, -0.25) is 0 Å². The van der Waals surface area contributed by atoms with Gasteiger partial charge in [0, 0.05) is 17.4 Å². The summed E-state index contributed by atoms with van der Waals surface area (Å²) in [7, 11) is 1.56. The Kier molecular flexibility index (Phi) is 7.05. The van der Waals surface area contributed by atoms with Crippen molar-refractivity contribution in [3.05, 3.63) is 60.4 Å². The van der Waals surface area contributed by atoms with E-state index in [0.717, 1.165) is 12.1 Å². The highest BCUT2D eigenvalue weighted by molar-refractivity contribution is 6.00. The Hall–Kier alpha value is -3.81. The van der Waals surface area contributed by atoms with Crippen LogP contribution in [0.2, 0.25) is 0 Å². The summed E-state index contributed by atoms with van der Waals surface area (Å²) in [6.45, 7) is 4.46. The number of anilines is 4. The summed E-state index contributed by atoms with van der Waals surface area (Å²) in [5.74, 6) is 2.40. The quantitative estimate of drug-likeness (QED) is 0.488. The van der Waals surface area contributed by atoms with Crippen LogP contribution in [0.15, 0.2) is 54.6 Å². The van der Waals surface area contributed by atoms with E-state index in [1.165, 1.54) is 0 Å². The van der Waals surface area contributed by atoms with Gasteiger partial charge in [0.1, 0.15) is 17.4 Å². The molecular formula is C22H25N5O3. The number of hydrogen-bond acceptors (Lipinski definition) is 6. The number of hydrogen-bond donors (Lipinski definition) is 3. The van der Waals surface area contributed by atoms with Gasteiger partial charge in [0.2, 0.25) is 5.88 Å². The van der Waals surface area contributed by atoms with Crippen LogP contribution in [0.3, 0.4) is 0 Å². The lowest BCUT2D eigenvalue weighted by atomic mass is 10.2. The molecule has 8 heteroatoms. The number of urea groups is 1. The maximum absolute atomic E-state index is 12.3. The number of rotatable bonds is 8. The molecule has 3 N–H and O–H groups in total. The average Bonchev–Trinajstić information content (AvgIpc) is 2.73. The summed E-state index contributed by atoms with van der Waals surface area (Å²) in [5, 5.41) is 8.79. The lowest BCUT2D eigenvalue weighted by molar-refractivity contribution is 0.262. The molecule has 1 aromatic heterocycles.